The van der Waals surface area contributed by atoms with Gasteiger partial charge in [0.05, 0.1) is 0 Å². The molecular formula is C22H24N4O. The third-order valence-corrected chi connectivity index (χ3v) is 4.18. The van der Waals surface area contributed by atoms with Crippen LogP contribution >= 0.6 is 0 Å². The van der Waals surface area contributed by atoms with E-state index in [1.54, 1.807) is 24.7 Å². The lowest BCUT2D eigenvalue weighted by molar-refractivity contribution is 0.0946. The topological polar surface area (TPSA) is 66.9 Å². The van der Waals surface area contributed by atoms with E-state index in [4.69, 9.17) is 0 Å². The summed E-state index contributed by atoms with van der Waals surface area (Å²) in [5.74, 6) is -0.216. The molecule has 0 spiro atoms. The minimum Gasteiger partial charge on any atom is -0.355 e. The molecule has 5 nitrogen and oxygen atoms in total. The van der Waals surface area contributed by atoms with Crippen molar-refractivity contribution in [3.8, 4) is 0 Å². The maximum atomic E-state index is 12.4. The number of carbonyl (C=O) groups excluding carboxylic acids is 1. The highest BCUT2D eigenvalue weighted by atomic mass is 16.1. The minimum atomic E-state index is -0.216. The van der Waals surface area contributed by atoms with Crippen LogP contribution in [0.3, 0.4) is 0 Å². The molecule has 0 atom stereocenters. The molecule has 0 aliphatic rings. The van der Waals surface area contributed by atoms with E-state index >= 15 is 0 Å². The van der Waals surface area contributed by atoms with E-state index in [9.17, 15) is 4.79 Å². The molecule has 0 saturated carbocycles. The second-order valence-corrected chi connectivity index (χ2v) is 7.39. The van der Waals surface area contributed by atoms with Gasteiger partial charge in [-0.15, -0.1) is 0 Å². The van der Waals surface area contributed by atoms with Gasteiger partial charge in [0.1, 0.15) is 5.69 Å². The smallest absolute Gasteiger partial charge is 0.270 e. The summed E-state index contributed by atoms with van der Waals surface area (Å²) >= 11 is 0. The molecule has 27 heavy (non-hydrogen) atoms. The Labute approximate surface area is 159 Å². The van der Waals surface area contributed by atoms with Crippen molar-refractivity contribution in [2.24, 2.45) is 0 Å². The van der Waals surface area contributed by atoms with E-state index in [1.807, 2.05) is 36.4 Å². The van der Waals surface area contributed by atoms with Crippen molar-refractivity contribution in [1.29, 1.82) is 0 Å². The lowest BCUT2D eigenvalue weighted by atomic mass is 9.86. The van der Waals surface area contributed by atoms with Gasteiger partial charge in [-0.3, -0.25) is 14.8 Å². The SMILES string of the molecule is CC(C)(C)c1ccccc1Nc1ccnc(C(=O)NCc2cccnc2)c1. The van der Waals surface area contributed by atoms with Crippen molar-refractivity contribution < 1.29 is 4.79 Å². The number of amides is 1. The number of nitrogens with one attached hydrogen (secondary N) is 2. The Bertz CT molecular complexity index is 917. The van der Waals surface area contributed by atoms with Crippen molar-refractivity contribution in [2.75, 3.05) is 5.32 Å². The molecule has 3 rings (SSSR count). The van der Waals surface area contributed by atoms with Crippen LogP contribution in [0.5, 0.6) is 0 Å². The van der Waals surface area contributed by atoms with Gasteiger partial charge < -0.3 is 10.6 Å². The van der Waals surface area contributed by atoms with Gasteiger partial charge in [-0.2, -0.15) is 0 Å². The summed E-state index contributed by atoms with van der Waals surface area (Å²) in [4.78, 5) is 20.7. The quantitative estimate of drug-likeness (QED) is 0.705. The van der Waals surface area contributed by atoms with Gasteiger partial charge in [-0.05, 0) is 40.8 Å². The Morgan fingerprint density at radius 2 is 1.85 bits per heavy atom. The van der Waals surface area contributed by atoms with E-state index in [0.717, 1.165) is 16.9 Å². The van der Waals surface area contributed by atoms with Crippen LogP contribution in [0.25, 0.3) is 0 Å². The predicted molar refractivity (Wildman–Crippen MR) is 108 cm³/mol. The highest BCUT2D eigenvalue weighted by molar-refractivity contribution is 5.93. The third kappa shape index (κ3) is 4.91. The van der Waals surface area contributed by atoms with Crippen LogP contribution in [0, 0.1) is 0 Å². The average molecular weight is 360 g/mol. The number of benzene rings is 1. The standard InChI is InChI=1S/C22H24N4O/c1-22(2,3)18-8-4-5-9-19(18)26-17-10-12-24-20(13-17)21(27)25-15-16-7-6-11-23-14-16/h4-14H,15H2,1-3H3,(H,24,26)(H,25,27). The second kappa shape index (κ2) is 7.99. The van der Waals surface area contributed by atoms with Gasteiger partial charge in [0, 0.05) is 36.5 Å². The lowest BCUT2D eigenvalue weighted by Crippen LogP contribution is -2.23. The molecule has 0 aliphatic carbocycles. The van der Waals surface area contributed by atoms with Crippen molar-refractivity contribution in [3.63, 3.8) is 0 Å². The molecule has 5 heteroatoms. The van der Waals surface area contributed by atoms with Crippen LogP contribution in [0.15, 0.2) is 67.1 Å². The number of nitrogens with zero attached hydrogens (tertiary/aromatic N) is 2. The highest BCUT2D eigenvalue weighted by Gasteiger charge is 2.17. The van der Waals surface area contributed by atoms with Crippen LogP contribution < -0.4 is 10.6 Å². The largest absolute Gasteiger partial charge is 0.355 e. The normalized spacial score (nSPS) is 11.1. The summed E-state index contributed by atoms with van der Waals surface area (Å²) in [7, 11) is 0. The van der Waals surface area contributed by atoms with Crippen molar-refractivity contribution in [2.45, 2.75) is 32.7 Å². The molecule has 0 aliphatic heterocycles. The number of hydrogen-bond acceptors (Lipinski definition) is 4. The number of rotatable bonds is 5. The molecule has 2 aromatic heterocycles. The number of anilines is 2. The Morgan fingerprint density at radius 1 is 1.04 bits per heavy atom. The molecule has 0 bridgehead atoms. The molecule has 0 saturated heterocycles. The van der Waals surface area contributed by atoms with Crippen molar-refractivity contribution in [3.05, 3.63) is 83.9 Å². The van der Waals surface area contributed by atoms with E-state index < -0.39 is 0 Å². The summed E-state index contributed by atoms with van der Waals surface area (Å²) in [5.41, 5.74) is 4.40. The van der Waals surface area contributed by atoms with Gasteiger partial charge in [-0.25, -0.2) is 0 Å². The van der Waals surface area contributed by atoms with Crippen LogP contribution in [0.1, 0.15) is 42.4 Å². The van der Waals surface area contributed by atoms with Gasteiger partial charge in [0.15, 0.2) is 0 Å². The first kappa shape index (κ1) is 18.6. The predicted octanol–water partition coefficient (Wildman–Crippen LogP) is 4.45. The first-order valence-electron chi connectivity index (χ1n) is 8.93. The van der Waals surface area contributed by atoms with Gasteiger partial charge >= 0.3 is 0 Å². The van der Waals surface area contributed by atoms with Gasteiger partial charge in [0.2, 0.25) is 0 Å². The first-order chi connectivity index (χ1) is 12.9. The Kier molecular flexibility index (Phi) is 5.50. The van der Waals surface area contributed by atoms with E-state index in [0.29, 0.717) is 12.2 Å². The van der Waals surface area contributed by atoms with Crippen LogP contribution in [-0.2, 0) is 12.0 Å². The maximum Gasteiger partial charge on any atom is 0.270 e. The fourth-order valence-electron chi connectivity index (χ4n) is 2.81. The zero-order valence-corrected chi connectivity index (χ0v) is 15.9. The summed E-state index contributed by atoms with van der Waals surface area (Å²) in [5, 5.41) is 6.29. The summed E-state index contributed by atoms with van der Waals surface area (Å²) < 4.78 is 0. The molecule has 0 unspecified atom stereocenters. The maximum absolute atomic E-state index is 12.4. The van der Waals surface area contributed by atoms with E-state index in [2.05, 4.69) is 47.4 Å². The Morgan fingerprint density at radius 3 is 2.59 bits per heavy atom. The fraction of sp³-hybridized carbons (Fsp3) is 0.227. The van der Waals surface area contributed by atoms with Gasteiger partial charge in [-0.1, -0.05) is 45.0 Å². The van der Waals surface area contributed by atoms with Crippen LogP contribution in [-0.4, -0.2) is 15.9 Å². The molecule has 0 fully saturated rings. The lowest BCUT2D eigenvalue weighted by Gasteiger charge is -2.23. The van der Waals surface area contributed by atoms with Crippen LogP contribution in [0.2, 0.25) is 0 Å². The summed E-state index contributed by atoms with van der Waals surface area (Å²) in [6, 6.07) is 15.6. The highest BCUT2D eigenvalue weighted by Crippen LogP contribution is 2.31. The fourth-order valence-corrected chi connectivity index (χ4v) is 2.81. The second-order valence-electron chi connectivity index (χ2n) is 7.39. The molecular weight excluding hydrogens is 336 g/mol. The number of para-hydroxylation sites is 1. The van der Waals surface area contributed by atoms with Crippen molar-refractivity contribution in [1.82, 2.24) is 15.3 Å². The monoisotopic (exact) mass is 360 g/mol. The first-order valence-corrected chi connectivity index (χ1v) is 8.93. The molecule has 1 amide bonds. The van der Waals surface area contributed by atoms with Crippen LogP contribution in [0.4, 0.5) is 11.4 Å². The zero-order valence-electron chi connectivity index (χ0n) is 15.9. The summed E-state index contributed by atoms with van der Waals surface area (Å²) in [6.07, 6.45) is 5.08. The average Bonchev–Trinajstić information content (AvgIpc) is 2.67. The zero-order chi connectivity index (χ0) is 19.3. The number of hydrogen-bond donors (Lipinski definition) is 2. The molecule has 3 aromatic rings. The molecule has 1 aromatic carbocycles. The van der Waals surface area contributed by atoms with E-state index in [-0.39, 0.29) is 11.3 Å². The number of aromatic nitrogens is 2. The van der Waals surface area contributed by atoms with E-state index in [1.165, 1.54) is 5.56 Å². The number of pyridine rings is 2. The molecule has 2 heterocycles. The molecule has 2 N–H and O–H groups in total. The minimum absolute atomic E-state index is 0.0144. The van der Waals surface area contributed by atoms with Gasteiger partial charge in [0.25, 0.3) is 5.91 Å². The number of carbonyl (C=O) groups is 1. The summed E-state index contributed by atoms with van der Waals surface area (Å²) in [6.45, 7) is 6.95. The molecule has 138 valence electrons. The van der Waals surface area contributed by atoms with Crippen molar-refractivity contribution >= 4 is 17.3 Å². The Hall–Kier alpha value is -3.21. The molecule has 0 radical (unpaired) electrons. The Balaban J connectivity index is 1.74. The third-order valence-electron chi connectivity index (χ3n) is 4.18.